The van der Waals surface area contributed by atoms with Crippen LogP contribution in [-0.4, -0.2) is 41.1 Å². The Labute approximate surface area is 108 Å². The van der Waals surface area contributed by atoms with Crippen molar-refractivity contribution in [1.82, 2.24) is 15.6 Å². The van der Waals surface area contributed by atoms with E-state index in [9.17, 15) is 14.4 Å². The molecule has 19 heavy (non-hydrogen) atoms. The number of aromatic carboxylic acids is 1. The standard InChI is InChI=1S/C11H13N3O5/c1-6(9(15)14-11(18)12-2)19-7-4-3-5-13-8(7)10(16)17/h3-6H,1-2H3,(H,16,17)(H2,12,14,15,18). The number of nitrogens with zero attached hydrogens (tertiary/aromatic N) is 1. The lowest BCUT2D eigenvalue weighted by Gasteiger charge is -2.14. The number of rotatable bonds is 4. The number of carboxylic acid groups (broad SMARTS) is 1. The van der Waals surface area contributed by atoms with Gasteiger partial charge in [0.15, 0.2) is 17.5 Å². The lowest BCUT2D eigenvalue weighted by molar-refractivity contribution is -0.126. The molecule has 0 saturated heterocycles. The third kappa shape index (κ3) is 3.95. The van der Waals surface area contributed by atoms with Crippen molar-refractivity contribution < 1.29 is 24.2 Å². The van der Waals surface area contributed by atoms with Gasteiger partial charge in [0.2, 0.25) is 0 Å². The fourth-order valence-electron chi connectivity index (χ4n) is 1.17. The minimum atomic E-state index is -1.27. The van der Waals surface area contributed by atoms with E-state index < -0.39 is 24.0 Å². The van der Waals surface area contributed by atoms with Crippen LogP contribution in [0, 0.1) is 0 Å². The van der Waals surface area contributed by atoms with Crippen LogP contribution in [0.4, 0.5) is 4.79 Å². The molecule has 1 heterocycles. The quantitative estimate of drug-likeness (QED) is 0.707. The Kier molecular flexibility index (Phi) is 4.81. The molecule has 102 valence electrons. The minimum Gasteiger partial charge on any atom is -0.478 e. The van der Waals surface area contributed by atoms with Gasteiger partial charge in [-0.2, -0.15) is 0 Å². The van der Waals surface area contributed by atoms with E-state index in [0.717, 1.165) is 0 Å². The van der Waals surface area contributed by atoms with Crippen LogP contribution in [0.2, 0.25) is 0 Å². The average Bonchev–Trinajstić information content (AvgIpc) is 2.38. The first-order chi connectivity index (χ1) is 8.95. The fourth-order valence-corrected chi connectivity index (χ4v) is 1.17. The van der Waals surface area contributed by atoms with Gasteiger partial charge in [0.05, 0.1) is 0 Å². The van der Waals surface area contributed by atoms with Crippen molar-refractivity contribution in [3.8, 4) is 5.75 Å². The molecule has 0 aliphatic heterocycles. The van der Waals surface area contributed by atoms with Gasteiger partial charge in [-0.05, 0) is 19.1 Å². The summed E-state index contributed by atoms with van der Waals surface area (Å²) in [6.45, 7) is 1.39. The first kappa shape index (κ1) is 14.4. The van der Waals surface area contributed by atoms with Crippen LogP contribution in [0.3, 0.4) is 0 Å². The molecule has 8 heteroatoms. The van der Waals surface area contributed by atoms with Gasteiger partial charge < -0.3 is 15.2 Å². The maximum Gasteiger partial charge on any atom is 0.358 e. The Morgan fingerprint density at radius 1 is 1.42 bits per heavy atom. The highest BCUT2D eigenvalue weighted by Gasteiger charge is 2.20. The Hall–Kier alpha value is -2.64. The molecule has 1 aromatic heterocycles. The largest absolute Gasteiger partial charge is 0.478 e. The molecule has 1 rings (SSSR count). The number of carbonyl (C=O) groups excluding carboxylic acids is 2. The molecule has 0 radical (unpaired) electrons. The fraction of sp³-hybridized carbons (Fsp3) is 0.273. The van der Waals surface area contributed by atoms with Crippen LogP contribution in [-0.2, 0) is 4.79 Å². The summed E-state index contributed by atoms with van der Waals surface area (Å²) in [7, 11) is 1.36. The van der Waals surface area contributed by atoms with E-state index in [1.165, 1.54) is 32.3 Å². The van der Waals surface area contributed by atoms with Crippen LogP contribution < -0.4 is 15.4 Å². The van der Waals surface area contributed by atoms with Crippen molar-refractivity contribution in [2.24, 2.45) is 0 Å². The molecule has 0 saturated carbocycles. The number of hydrogen-bond donors (Lipinski definition) is 3. The van der Waals surface area contributed by atoms with E-state index >= 15 is 0 Å². The number of hydrogen-bond acceptors (Lipinski definition) is 5. The molecule has 0 aliphatic carbocycles. The van der Waals surface area contributed by atoms with Gasteiger partial charge in [0.25, 0.3) is 5.91 Å². The molecule has 0 aromatic carbocycles. The van der Waals surface area contributed by atoms with Gasteiger partial charge in [-0.15, -0.1) is 0 Å². The highest BCUT2D eigenvalue weighted by Crippen LogP contribution is 2.16. The molecule has 1 aromatic rings. The number of imide groups is 1. The van der Waals surface area contributed by atoms with Gasteiger partial charge in [-0.25, -0.2) is 14.6 Å². The average molecular weight is 267 g/mol. The lowest BCUT2D eigenvalue weighted by atomic mass is 10.3. The van der Waals surface area contributed by atoms with E-state index in [2.05, 4.69) is 10.3 Å². The van der Waals surface area contributed by atoms with Gasteiger partial charge >= 0.3 is 12.0 Å². The molecule has 0 bridgehead atoms. The highest BCUT2D eigenvalue weighted by atomic mass is 16.5. The van der Waals surface area contributed by atoms with Crippen molar-refractivity contribution in [2.45, 2.75) is 13.0 Å². The van der Waals surface area contributed by atoms with Gasteiger partial charge in [-0.1, -0.05) is 0 Å². The van der Waals surface area contributed by atoms with Crippen molar-refractivity contribution in [2.75, 3.05) is 7.05 Å². The number of urea groups is 1. The number of pyridine rings is 1. The smallest absolute Gasteiger partial charge is 0.358 e. The predicted molar refractivity (Wildman–Crippen MR) is 63.9 cm³/mol. The van der Waals surface area contributed by atoms with Crippen molar-refractivity contribution in [3.05, 3.63) is 24.0 Å². The number of nitrogens with one attached hydrogen (secondary N) is 2. The lowest BCUT2D eigenvalue weighted by Crippen LogP contribution is -2.44. The number of aromatic nitrogens is 1. The van der Waals surface area contributed by atoms with Crippen LogP contribution in [0.5, 0.6) is 5.75 Å². The second kappa shape index (κ2) is 6.34. The summed E-state index contributed by atoms with van der Waals surface area (Å²) in [6, 6.07) is 2.18. The monoisotopic (exact) mass is 267 g/mol. The molecule has 3 N–H and O–H groups in total. The van der Waals surface area contributed by atoms with E-state index in [4.69, 9.17) is 9.84 Å². The molecule has 8 nitrogen and oxygen atoms in total. The zero-order chi connectivity index (χ0) is 14.4. The van der Waals surface area contributed by atoms with Crippen LogP contribution in [0.1, 0.15) is 17.4 Å². The summed E-state index contributed by atoms with van der Waals surface area (Å²) in [5.74, 6) is -2.01. The topological polar surface area (TPSA) is 118 Å². The molecule has 3 amide bonds. The number of carboxylic acids is 1. The Morgan fingerprint density at radius 2 is 2.11 bits per heavy atom. The van der Waals surface area contributed by atoms with Gasteiger partial charge in [0, 0.05) is 13.2 Å². The Morgan fingerprint density at radius 3 is 2.68 bits per heavy atom. The Balaban J connectivity index is 2.77. The molecule has 1 unspecified atom stereocenters. The van der Waals surface area contributed by atoms with E-state index in [-0.39, 0.29) is 11.4 Å². The second-order valence-corrected chi connectivity index (χ2v) is 3.48. The molecule has 0 aliphatic rings. The van der Waals surface area contributed by atoms with E-state index in [1.807, 2.05) is 5.32 Å². The molecular formula is C11H13N3O5. The number of carbonyl (C=O) groups is 3. The maximum absolute atomic E-state index is 11.5. The molecule has 0 fully saturated rings. The number of ether oxygens (including phenoxy) is 1. The maximum atomic E-state index is 11.5. The molecular weight excluding hydrogens is 254 g/mol. The zero-order valence-electron chi connectivity index (χ0n) is 10.3. The summed E-state index contributed by atoms with van der Waals surface area (Å²) in [5.41, 5.74) is -0.304. The van der Waals surface area contributed by atoms with Crippen LogP contribution >= 0.6 is 0 Å². The van der Waals surface area contributed by atoms with Crippen molar-refractivity contribution in [3.63, 3.8) is 0 Å². The molecule has 0 spiro atoms. The highest BCUT2D eigenvalue weighted by molar-refractivity contribution is 5.96. The summed E-state index contributed by atoms with van der Waals surface area (Å²) >= 11 is 0. The third-order valence-electron chi connectivity index (χ3n) is 2.11. The Bertz CT molecular complexity index is 503. The summed E-state index contributed by atoms with van der Waals surface area (Å²) in [5, 5.41) is 13.1. The van der Waals surface area contributed by atoms with Gasteiger partial charge in [0.1, 0.15) is 0 Å². The predicted octanol–water partition coefficient (Wildman–Crippen LogP) is 0.00270. The first-order valence-electron chi connectivity index (χ1n) is 5.33. The third-order valence-corrected chi connectivity index (χ3v) is 2.11. The van der Waals surface area contributed by atoms with Crippen molar-refractivity contribution in [1.29, 1.82) is 0 Å². The normalized spacial score (nSPS) is 11.3. The van der Waals surface area contributed by atoms with E-state index in [0.29, 0.717) is 0 Å². The summed E-state index contributed by atoms with van der Waals surface area (Å²) in [6.07, 6.45) is 0.255. The SMILES string of the molecule is CNC(=O)NC(=O)C(C)Oc1cccnc1C(=O)O. The van der Waals surface area contributed by atoms with Crippen LogP contribution in [0.15, 0.2) is 18.3 Å². The zero-order valence-corrected chi connectivity index (χ0v) is 10.3. The second-order valence-electron chi connectivity index (χ2n) is 3.48. The minimum absolute atomic E-state index is 0.0467. The summed E-state index contributed by atoms with van der Waals surface area (Å²) < 4.78 is 5.18. The van der Waals surface area contributed by atoms with Gasteiger partial charge in [-0.3, -0.25) is 10.1 Å². The number of amides is 3. The van der Waals surface area contributed by atoms with E-state index in [1.54, 1.807) is 0 Å². The van der Waals surface area contributed by atoms with Crippen molar-refractivity contribution >= 4 is 17.9 Å². The first-order valence-corrected chi connectivity index (χ1v) is 5.33. The van der Waals surface area contributed by atoms with Crippen LogP contribution in [0.25, 0.3) is 0 Å². The molecule has 1 atom stereocenters. The summed E-state index contributed by atoms with van der Waals surface area (Å²) in [4.78, 5) is 37.0.